The molecule has 0 spiro atoms. The molecule has 1 saturated heterocycles. The highest BCUT2D eigenvalue weighted by Crippen LogP contribution is 2.23. The Bertz CT molecular complexity index is 857. The van der Waals surface area contributed by atoms with Crippen molar-refractivity contribution < 1.29 is 4.74 Å². The van der Waals surface area contributed by atoms with Gasteiger partial charge in [0.2, 0.25) is 0 Å². The van der Waals surface area contributed by atoms with E-state index >= 15 is 0 Å². The van der Waals surface area contributed by atoms with Gasteiger partial charge in [-0.2, -0.15) is 0 Å². The molecule has 1 aromatic carbocycles. The van der Waals surface area contributed by atoms with Crippen LogP contribution in [0.15, 0.2) is 61.1 Å². The number of nitrogens with zero attached hydrogens (tertiary/aromatic N) is 4. The van der Waals surface area contributed by atoms with E-state index in [2.05, 4.69) is 43.9 Å². The van der Waals surface area contributed by atoms with Crippen LogP contribution >= 0.6 is 24.8 Å². The zero-order valence-electron chi connectivity index (χ0n) is 16.4. The van der Waals surface area contributed by atoms with Gasteiger partial charge in [-0.15, -0.1) is 24.8 Å². The fourth-order valence-electron chi connectivity index (χ4n) is 3.45. The number of hydrogen-bond acceptors (Lipinski definition) is 5. The highest BCUT2D eigenvalue weighted by molar-refractivity contribution is 5.85. The van der Waals surface area contributed by atoms with E-state index in [-0.39, 0.29) is 24.8 Å². The summed E-state index contributed by atoms with van der Waals surface area (Å²) in [4.78, 5) is 11.3. The number of halogens is 2. The van der Waals surface area contributed by atoms with Gasteiger partial charge in [0, 0.05) is 51.8 Å². The standard InChI is InChI=1S/C21H25N5O.2ClH/c1-25-12-11-24-21(25)20-14-22-10-13-26(20)15-17-5-7-19(8-6-17)27-16-18-4-2-3-9-23-18;;/h2-9,11-12,20,22H,10,13-16H2,1H3;2*1H. The van der Waals surface area contributed by atoms with Crippen molar-refractivity contribution in [3.63, 3.8) is 0 Å². The predicted octanol–water partition coefficient (Wildman–Crippen LogP) is 3.38. The monoisotopic (exact) mass is 435 g/mol. The summed E-state index contributed by atoms with van der Waals surface area (Å²) in [6, 6.07) is 14.5. The zero-order valence-corrected chi connectivity index (χ0v) is 18.0. The van der Waals surface area contributed by atoms with Gasteiger partial charge in [0.25, 0.3) is 0 Å². The van der Waals surface area contributed by atoms with Crippen LogP contribution < -0.4 is 10.1 Å². The number of hydrogen-bond donors (Lipinski definition) is 1. The number of rotatable bonds is 6. The Kier molecular flexibility index (Phi) is 8.92. The van der Waals surface area contributed by atoms with Crippen molar-refractivity contribution in [1.29, 1.82) is 0 Å². The zero-order chi connectivity index (χ0) is 18.5. The van der Waals surface area contributed by atoms with Gasteiger partial charge in [-0.3, -0.25) is 9.88 Å². The summed E-state index contributed by atoms with van der Waals surface area (Å²) < 4.78 is 7.94. The van der Waals surface area contributed by atoms with E-state index in [0.717, 1.165) is 43.4 Å². The molecule has 1 atom stereocenters. The number of benzene rings is 1. The number of aryl methyl sites for hydroxylation is 1. The molecule has 1 aliphatic rings. The predicted molar refractivity (Wildman–Crippen MR) is 119 cm³/mol. The summed E-state index contributed by atoms with van der Waals surface area (Å²) in [5.41, 5.74) is 2.21. The van der Waals surface area contributed by atoms with Crippen LogP contribution in [0.25, 0.3) is 0 Å². The van der Waals surface area contributed by atoms with Crippen molar-refractivity contribution in [3.05, 3.63) is 78.1 Å². The maximum atomic E-state index is 5.83. The molecule has 0 aliphatic carbocycles. The molecular formula is C21H27Cl2N5O. The Morgan fingerprint density at radius 1 is 1.07 bits per heavy atom. The minimum atomic E-state index is 0. The molecule has 0 bridgehead atoms. The Labute approximate surface area is 184 Å². The smallest absolute Gasteiger partial charge is 0.130 e. The molecule has 29 heavy (non-hydrogen) atoms. The van der Waals surface area contributed by atoms with Crippen molar-refractivity contribution >= 4 is 24.8 Å². The molecule has 2 aromatic heterocycles. The van der Waals surface area contributed by atoms with Gasteiger partial charge in [0.1, 0.15) is 18.2 Å². The molecule has 0 amide bonds. The lowest BCUT2D eigenvalue weighted by Gasteiger charge is -2.35. The molecule has 156 valence electrons. The van der Waals surface area contributed by atoms with Crippen LogP contribution in [0.4, 0.5) is 0 Å². The molecule has 0 radical (unpaired) electrons. The maximum Gasteiger partial charge on any atom is 0.130 e. The second kappa shape index (κ2) is 11.2. The molecule has 1 fully saturated rings. The van der Waals surface area contributed by atoms with E-state index in [4.69, 9.17) is 4.74 Å². The third-order valence-corrected chi connectivity index (χ3v) is 4.93. The summed E-state index contributed by atoms with van der Waals surface area (Å²) in [7, 11) is 2.06. The van der Waals surface area contributed by atoms with Crippen molar-refractivity contribution in [2.75, 3.05) is 19.6 Å². The molecule has 6 nitrogen and oxygen atoms in total. The van der Waals surface area contributed by atoms with Crippen LogP contribution in [0.1, 0.15) is 23.1 Å². The first kappa shape index (κ1) is 23.2. The van der Waals surface area contributed by atoms with Crippen LogP contribution in [0, 0.1) is 0 Å². The van der Waals surface area contributed by atoms with Crippen LogP contribution in [0.5, 0.6) is 5.75 Å². The number of nitrogens with one attached hydrogen (secondary N) is 1. The van der Waals surface area contributed by atoms with Gasteiger partial charge in [-0.25, -0.2) is 4.98 Å². The van der Waals surface area contributed by atoms with Crippen LogP contribution in [-0.4, -0.2) is 39.1 Å². The highest BCUT2D eigenvalue weighted by Gasteiger charge is 2.26. The first-order valence-electron chi connectivity index (χ1n) is 9.33. The summed E-state index contributed by atoms with van der Waals surface area (Å²) in [6.07, 6.45) is 5.67. The Balaban J connectivity index is 0.00000150. The molecular weight excluding hydrogens is 409 g/mol. The largest absolute Gasteiger partial charge is 0.487 e. The second-order valence-electron chi connectivity index (χ2n) is 6.84. The fourth-order valence-corrected chi connectivity index (χ4v) is 3.45. The van der Waals surface area contributed by atoms with E-state index < -0.39 is 0 Å². The van der Waals surface area contributed by atoms with Crippen molar-refractivity contribution in [2.45, 2.75) is 19.2 Å². The summed E-state index contributed by atoms with van der Waals surface area (Å²) in [6.45, 7) is 4.33. The third kappa shape index (κ3) is 5.93. The minimum absolute atomic E-state index is 0. The lowest BCUT2D eigenvalue weighted by atomic mass is 10.1. The van der Waals surface area contributed by atoms with Gasteiger partial charge in [0.15, 0.2) is 0 Å². The Morgan fingerprint density at radius 2 is 1.90 bits per heavy atom. The topological polar surface area (TPSA) is 55.2 Å². The molecule has 1 aliphatic heterocycles. The molecule has 4 rings (SSSR count). The molecule has 3 heterocycles. The molecule has 3 aromatic rings. The summed E-state index contributed by atoms with van der Waals surface area (Å²) in [5.74, 6) is 1.97. The molecule has 0 saturated carbocycles. The Hall–Kier alpha value is -2.12. The molecule has 1 N–H and O–H groups in total. The quantitative estimate of drug-likeness (QED) is 0.642. The Morgan fingerprint density at radius 3 is 2.59 bits per heavy atom. The number of imidazole rings is 1. The van der Waals surface area contributed by atoms with Gasteiger partial charge >= 0.3 is 0 Å². The fraction of sp³-hybridized carbons (Fsp3) is 0.333. The number of pyridine rings is 1. The summed E-state index contributed by atoms with van der Waals surface area (Å²) in [5, 5.41) is 3.49. The highest BCUT2D eigenvalue weighted by atomic mass is 35.5. The average Bonchev–Trinajstić information content (AvgIpc) is 3.14. The minimum Gasteiger partial charge on any atom is -0.487 e. The normalized spacial score (nSPS) is 16.5. The number of piperazine rings is 1. The van der Waals surface area contributed by atoms with Gasteiger partial charge in [-0.05, 0) is 29.8 Å². The van der Waals surface area contributed by atoms with Crippen molar-refractivity contribution in [3.8, 4) is 5.75 Å². The van der Waals surface area contributed by atoms with E-state index in [0.29, 0.717) is 12.6 Å². The average molecular weight is 436 g/mol. The van der Waals surface area contributed by atoms with E-state index in [1.54, 1.807) is 6.20 Å². The number of ether oxygens (including phenoxy) is 1. The first-order chi connectivity index (χ1) is 13.3. The summed E-state index contributed by atoms with van der Waals surface area (Å²) >= 11 is 0. The number of aromatic nitrogens is 3. The molecule has 8 heteroatoms. The lowest BCUT2D eigenvalue weighted by molar-refractivity contribution is 0.144. The maximum absolute atomic E-state index is 5.83. The van der Waals surface area contributed by atoms with Crippen LogP contribution in [0.3, 0.4) is 0 Å². The van der Waals surface area contributed by atoms with Gasteiger partial charge in [-0.1, -0.05) is 18.2 Å². The van der Waals surface area contributed by atoms with Crippen molar-refractivity contribution in [2.24, 2.45) is 7.05 Å². The van der Waals surface area contributed by atoms with Gasteiger partial charge in [0.05, 0.1) is 11.7 Å². The second-order valence-corrected chi connectivity index (χ2v) is 6.84. The van der Waals surface area contributed by atoms with Gasteiger partial charge < -0.3 is 14.6 Å². The van der Waals surface area contributed by atoms with E-state index in [1.165, 1.54) is 5.56 Å². The van der Waals surface area contributed by atoms with E-state index in [1.807, 2.05) is 42.7 Å². The lowest BCUT2D eigenvalue weighted by Crippen LogP contribution is -2.46. The SMILES string of the molecule is Cl.Cl.Cn1ccnc1C1CNCCN1Cc1ccc(OCc2ccccn2)cc1. The molecule has 1 unspecified atom stereocenters. The van der Waals surface area contributed by atoms with Crippen molar-refractivity contribution in [1.82, 2.24) is 24.8 Å². The van der Waals surface area contributed by atoms with Crippen LogP contribution in [-0.2, 0) is 20.2 Å². The van der Waals surface area contributed by atoms with E-state index in [9.17, 15) is 0 Å². The third-order valence-electron chi connectivity index (χ3n) is 4.93. The van der Waals surface area contributed by atoms with Crippen LogP contribution in [0.2, 0.25) is 0 Å². The first-order valence-corrected chi connectivity index (χ1v) is 9.33.